The van der Waals surface area contributed by atoms with Crippen molar-refractivity contribution in [1.82, 2.24) is 20.0 Å². The highest BCUT2D eigenvalue weighted by Gasteiger charge is 2.34. The number of nitrogens with one attached hydrogen (secondary N) is 2. The summed E-state index contributed by atoms with van der Waals surface area (Å²) in [4.78, 5) is 31.9. The molecule has 2 aromatic carbocycles. The Morgan fingerprint density at radius 1 is 0.971 bits per heavy atom. The maximum atomic E-state index is 13.1. The van der Waals surface area contributed by atoms with Gasteiger partial charge in [0.05, 0.1) is 6.04 Å². The first kappa shape index (κ1) is 25.0. The molecule has 0 aromatic heterocycles. The molecule has 2 aromatic rings. The number of hydrogen-bond acceptors (Lipinski definition) is 5. The maximum Gasteiger partial charge on any atom is 0.321 e. The van der Waals surface area contributed by atoms with Crippen LogP contribution in [0.15, 0.2) is 54.6 Å². The molecule has 0 saturated carbocycles. The maximum absolute atomic E-state index is 13.1. The van der Waals surface area contributed by atoms with Gasteiger partial charge in [0.2, 0.25) is 5.91 Å². The zero-order valence-electron chi connectivity index (χ0n) is 21.0. The third kappa shape index (κ3) is 6.74. The van der Waals surface area contributed by atoms with Crippen LogP contribution in [0, 0.1) is 0 Å². The van der Waals surface area contributed by atoms with Crippen molar-refractivity contribution in [3.05, 3.63) is 60.2 Å². The van der Waals surface area contributed by atoms with E-state index in [1.54, 1.807) is 4.90 Å². The molecular formula is C27H37N5O3. The molecule has 0 bridgehead atoms. The molecule has 2 aliphatic heterocycles. The molecule has 2 saturated heterocycles. The topological polar surface area (TPSA) is 77.2 Å². The van der Waals surface area contributed by atoms with Gasteiger partial charge in [0.15, 0.2) is 0 Å². The minimum Gasteiger partial charge on any atom is -0.489 e. The van der Waals surface area contributed by atoms with Crippen LogP contribution < -0.4 is 15.4 Å². The Morgan fingerprint density at radius 2 is 1.69 bits per heavy atom. The SMILES string of the molecule is CC(C)(C)N1CCNC(C(=O)N2CCN(C(=O)Nc3cccc(OCc4ccccc4)c3)CC2)C1. The van der Waals surface area contributed by atoms with Crippen LogP contribution in [0.4, 0.5) is 10.5 Å². The lowest BCUT2D eigenvalue weighted by atomic mass is 10.0. The number of nitrogens with zero attached hydrogens (tertiary/aromatic N) is 3. The Labute approximate surface area is 208 Å². The third-order valence-electron chi connectivity index (χ3n) is 6.63. The summed E-state index contributed by atoms with van der Waals surface area (Å²) in [6.07, 6.45) is 0. The summed E-state index contributed by atoms with van der Waals surface area (Å²) >= 11 is 0. The predicted octanol–water partition coefficient (Wildman–Crippen LogP) is 3.01. The van der Waals surface area contributed by atoms with E-state index in [0.29, 0.717) is 50.8 Å². The minimum absolute atomic E-state index is 0.0430. The molecule has 188 valence electrons. The van der Waals surface area contributed by atoms with Crippen LogP contribution in [0.25, 0.3) is 0 Å². The molecular weight excluding hydrogens is 442 g/mol. The van der Waals surface area contributed by atoms with Crippen LogP contribution in [0.1, 0.15) is 26.3 Å². The largest absolute Gasteiger partial charge is 0.489 e. The van der Waals surface area contributed by atoms with E-state index in [1.807, 2.05) is 59.5 Å². The van der Waals surface area contributed by atoms with Gasteiger partial charge in [-0.15, -0.1) is 0 Å². The van der Waals surface area contributed by atoms with Crippen LogP contribution in [0.3, 0.4) is 0 Å². The monoisotopic (exact) mass is 479 g/mol. The molecule has 0 spiro atoms. The number of anilines is 1. The summed E-state index contributed by atoms with van der Waals surface area (Å²) in [5.41, 5.74) is 1.82. The second-order valence-electron chi connectivity index (χ2n) is 10.2. The average Bonchev–Trinajstić information content (AvgIpc) is 2.87. The van der Waals surface area contributed by atoms with Gasteiger partial charge in [-0.3, -0.25) is 9.69 Å². The van der Waals surface area contributed by atoms with E-state index in [9.17, 15) is 9.59 Å². The van der Waals surface area contributed by atoms with Crippen molar-refractivity contribution in [2.24, 2.45) is 0 Å². The molecule has 0 aliphatic carbocycles. The van der Waals surface area contributed by atoms with Gasteiger partial charge in [-0.25, -0.2) is 4.79 Å². The van der Waals surface area contributed by atoms with Gasteiger partial charge in [-0.1, -0.05) is 36.4 Å². The van der Waals surface area contributed by atoms with Gasteiger partial charge in [0.25, 0.3) is 0 Å². The van der Waals surface area contributed by atoms with E-state index >= 15 is 0 Å². The summed E-state index contributed by atoms with van der Waals surface area (Å²) in [6.45, 7) is 11.6. The van der Waals surface area contributed by atoms with Crippen molar-refractivity contribution in [3.8, 4) is 5.75 Å². The number of hydrogen-bond donors (Lipinski definition) is 2. The molecule has 1 unspecified atom stereocenters. The van der Waals surface area contributed by atoms with Crippen LogP contribution >= 0.6 is 0 Å². The van der Waals surface area contributed by atoms with Gasteiger partial charge < -0.3 is 25.2 Å². The normalized spacial score (nSPS) is 19.3. The van der Waals surface area contributed by atoms with Crippen molar-refractivity contribution in [2.45, 2.75) is 39.0 Å². The number of amides is 3. The molecule has 35 heavy (non-hydrogen) atoms. The summed E-state index contributed by atoms with van der Waals surface area (Å²) in [6, 6.07) is 17.0. The van der Waals surface area contributed by atoms with Crippen LogP contribution in [-0.4, -0.2) is 84.0 Å². The lowest BCUT2D eigenvalue weighted by Gasteiger charge is -2.43. The fourth-order valence-electron chi connectivity index (χ4n) is 4.48. The fraction of sp³-hybridized carbons (Fsp3) is 0.481. The van der Waals surface area contributed by atoms with Gasteiger partial charge in [0, 0.05) is 63.1 Å². The third-order valence-corrected chi connectivity index (χ3v) is 6.63. The standard InChI is InChI=1S/C27H37N5O3/c1-27(2,3)32-13-12-28-24(19-32)25(33)30-14-16-31(17-15-30)26(34)29-22-10-7-11-23(18-22)35-20-21-8-5-4-6-9-21/h4-11,18,24,28H,12-17,19-20H2,1-3H3,(H,29,34). The number of rotatable bonds is 5. The van der Waals surface area contributed by atoms with Crippen molar-refractivity contribution < 1.29 is 14.3 Å². The first-order valence-electron chi connectivity index (χ1n) is 12.4. The summed E-state index contributed by atoms with van der Waals surface area (Å²) in [5, 5.41) is 6.34. The number of carbonyl (C=O) groups is 2. The summed E-state index contributed by atoms with van der Waals surface area (Å²) in [7, 11) is 0. The minimum atomic E-state index is -0.193. The first-order valence-corrected chi connectivity index (χ1v) is 12.4. The van der Waals surface area contributed by atoms with Crippen LogP contribution in [-0.2, 0) is 11.4 Å². The molecule has 0 radical (unpaired) electrons. The lowest BCUT2D eigenvalue weighted by Crippen LogP contribution is -2.63. The number of carbonyl (C=O) groups excluding carboxylic acids is 2. The molecule has 8 heteroatoms. The lowest BCUT2D eigenvalue weighted by molar-refractivity contribution is -0.136. The highest BCUT2D eigenvalue weighted by molar-refractivity contribution is 5.90. The van der Waals surface area contributed by atoms with Gasteiger partial charge in [-0.2, -0.15) is 0 Å². The Bertz CT molecular complexity index is 999. The predicted molar refractivity (Wildman–Crippen MR) is 138 cm³/mol. The average molecular weight is 480 g/mol. The van der Waals surface area contributed by atoms with E-state index in [2.05, 4.69) is 36.3 Å². The van der Waals surface area contributed by atoms with Crippen LogP contribution in [0.2, 0.25) is 0 Å². The molecule has 1 atom stereocenters. The number of benzene rings is 2. The van der Waals surface area contributed by atoms with E-state index < -0.39 is 0 Å². The molecule has 2 heterocycles. The van der Waals surface area contributed by atoms with Gasteiger partial charge in [0.1, 0.15) is 12.4 Å². The van der Waals surface area contributed by atoms with E-state index in [0.717, 1.165) is 18.7 Å². The number of piperazine rings is 2. The molecule has 3 amide bonds. The Hall–Kier alpha value is -3.10. The fourth-order valence-corrected chi connectivity index (χ4v) is 4.48. The molecule has 8 nitrogen and oxygen atoms in total. The highest BCUT2D eigenvalue weighted by Crippen LogP contribution is 2.20. The Balaban J connectivity index is 1.25. The zero-order chi connectivity index (χ0) is 24.8. The summed E-state index contributed by atoms with van der Waals surface area (Å²) in [5.74, 6) is 0.827. The molecule has 4 rings (SSSR count). The Kier molecular flexibility index (Phi) is 7.93. The van der Waals surface area contributed by atoms with E-state index in [1.165, 1.54) is 0 Å². The second-order valence-corrected chi connectivity index (χ2v) is 10.2. The zero-order valence-corrected chi connectivity index (χ0v) is 21.0. The van der Waals surface area contributed by atoms with E-state index in [4.69, 9.17) is 4.74 Å². The smallest absolute Gasteiger partial charge is 0.321 e. The van der Waals surface area contributed by atoms with Crippen molar-refractivity contribution in [2.75, 3.05) is 51.1 Å². The molecule has 2 fully saturated rings. The van der Waals surface area contributed by atoms with Gasteiger partial charge in [-0.05, 0) is 38.5 Å². The quantitative estimate of drug-likeness (QED) is 0.690. The van der Waals surface area contributed by atoms with E-state index in [-0.39, 0.29) is 23.5 Å². The summed E-state index contributed by atoms with van der Waals surface area (Å²) < 4.78 is 5.87. The Morgan fingerprint density at radius 3 is 2.40 bits per heavy atom. The number of ether oxygens (including phenoxy) is 1. The van der Waals surface area contributed by atoms with Crippen LogP contribution in [0.5, 0.6) is 5.75 Å². The van der Waals surface area contributed by atoms with Crippen molar-refractivity contribution in [1.29, 1.82) is 0 Å². The highest BCUT2D eigenvalue weighted by atomic mass is 16.5. The van der Waals surface area contributed by atoms with Gasteiger partial charge >= 0.3 is 6.03 Å². The van der Waals surface area contributed by atoms with Crippen molar-refractivity contribution in [3.63, 3.8) is 0 Å². The molecule has 2 N–H and O–H groups in total. The number of urea groups is 1. The van der Waals surface area contributed by atoms with Crippen molar-refractivity contribution >= 4 is 17.6 Å². The first-order chi connectivity index (χ1) is 16.8. The second kappa shape index (κ2) is 11.1. The molecule has 2 aliphatic rings.